The minimum absolute atomic E-state index is 0.286. The van der Waals surface area contributed by atoms with Gasteiger partial charge in [0.05, 0.1) is 18.0 Å². The Labute approximate surface area is 242 Å². The number of carboxylic acid groups (broad SMARTS) is 1. The third kappa shape index (κ3) is 7.92. The molecule has 6 heteroatoms. The van der Waals surface area contributed by atoms with Crippen LogP contribution >= 0.6 is 11.8 Å². The number of nitriles is 1. The first kappa shape index (κ1) is 29.3. The largest absolute Gasteiger partial charge is 0.494 e. The van der Waals surface area contributed by atoms with Crippen molar-refractivity contribution in [1.82, 2.24) is 0 Å². The van der Waals surface area contributed by atoms with Gasteiger partial charge in [-0.15, -0.1) is 0 Å². The van der Waals surface area contributed by atoms with Crippen LogP contribution in [0.5, 0.6) is 5.75 Å². The number of hydrogen-bond donors (Lipinski definition) is 1. The molecule has 0 bridgehead atoms. The maximum atomic E-state index is 11.3. The molecule has 0 spiro atoms. The third-order valence-corrected chi connectivity index (χ3v) is 8.19. The molecule has 0 aromatic heterocycles. The van der Waals surface area contributed by atoms with Gasteiger partial charge in [0.1, 0.15) is 17.4 Å². The molecule has 3 aromatic carbocycles. The van der Waals surface area contributed by atoms with E-state index in [1.807, 2.05) is 42.5 Å². The minimum Gasteiger partial charge on any atom is -0.494 e. The molecule has 1 aliphatic rings. The number of anilines is 3. The summed E-state index contributed by atoms with van der Waals surface area (Å²) in [5.74, 6) is -0.354. The topological polar surface area (TPSA) is 73.6 Å². The molecule has 0 fully saturated rings. The zero-order valence-electron chi connectivity index (χ0n) is 23.3. The van der Waals surface area contributed by atoms with Crippen LogP contribution in [0.15, 0.2) is 82.1 Å². The molecule has 208 valence electrons. The van der Waals surface area contributed by atoms with Crippen molar-refractivity contribution in [3.05, 3.63) is 77.9 Å². The molecule has 0 unspecified atom stereocenters. The van der Waals surface area contributed by atoms with Gasteiger partial charge >= 0.3 is 5.97 Å². The Balaban J connectivity index is 1.37. The molecular weight excluding hydrogens is 516 g/mol. The number of hydrogen-bond acceptors (Lipinski definition) is 5. The number of carbonyl (C=O) groups is 1. The lowest BCUT2D eigenvalue weighted by Gasteiger charge is -2.33. The van der Waals surface area contributed by atoms with Gasteiger partial charge in [0, 0.05) is 15.5 Å². The summed E-state index contributed by atoms with van der Waals surface area (Å²) < 4.78 is 6.04. The second-order valence-corrected chi connectivity index (χ2v) is 11.2. The molecule has 0 radical (unpaired) electrons. The summed E-state index contributed by atoms with van der Waals surface area (Å²) in [5.41, 5.74) is 3.51. The van der Waals surface area contributed by atoms with Crippen LogP contribution in [0.1, 0.15) is 76.7 Å². The van der Waals surface area contributed by atoms with Gasteiger partial charge in [-0.1, -0.05) is 94.7 Å². The van der Waals surface area contributed by atoms with Crippen molar-refractivity contribution < 1.29 is 14.6 Å². The molecule has 1 heterocycles. The second kappa shape index (κ2) is 15.2. The Morgan fingerprint density at radius 2 is 1.52 bits per heavy atom. The molecule has 40 heavy (non-hydrogen) atoms. The van der Waals surface area contributed by atoms with E-state index in [1.54, 1.807) is 17.8 Å². The van der Waals surface area contributed by atoms with Crippen LogP contribution in [0.25, 0.3) is 6.08 Å². The van der Waals surface area contributed by atoms with Crippen molar-refractivity contribution >= 4 is 40.9 Å². The quantitative estimate of drug-likeness (QED) is 0.0895. The lowest BCUT2D eigenvalue weighted by molar-refractivity contribution is -0.132. The fourth-order valence-electron chi connectivity index (χ4n) is 4.92. The van der Waals surface area contributed by atoms with Crippen molar-refractivity contribution in [3.63, 3.8) is 0 Å². The summed E-state index contributed by atoms with van der Waals surface area (Å²) in [6.07, 6.45) is 14.5. The predicted octanol–water partition coefficient (Wildman–Crippen LogP) is 9.91. The highest BCUT2D eigenvalue weighted by atomic mass is 32.2. The Bertz CT molecular complexity index is 1340. The van der Waals surface area contributed by atoms with Crippen molar-refractivity contribution in [2.24, 2.45) is 0 Å². The first-order chi connectivity index (χ1) is 19.6. The molecular formula is C34H38N2O3S. The number of ether oxygens (including phenoxy) is 1. The Morgan fingerprint density at radius 1 is 0.875 bits per heavy atom. The second-order valence-electron chi connectivity index (χ2n) is 10.1. The highest BCUT2D eigenvalue weighted by Gasteiger charge is 2.25. The summed E-state index contributed by atoms with van der Waals surface area (Å²) in [6.45, 7) is 3.00. The van der Waals surface area contributed by atoms with Crippen molar-refractivity contribution in [3.8, 4) is 11.8 Å². The van der Waals surface area contributed by atoms with Crippen LogP contribution in [-0.4, -0.2) is 17.7 Å². The molecule has 1 aliphatic heterocycles. The number of para-hydroxylation sites is 1. The molecule has 0 saturated heterocycles. The van der Waals surface area contributed by atoms with E-state index in [4.69, 9.17) is 10.00 Å². The third-order valence-electron chi connectivity index (χ3n) is 7.07. The van der Waals surface area contributed by atoms with E-state index in [-0.39, 0.29) is 5.57 Å². The number of unbranched alkanes of at least 4 members (excludes halogenated alkanes) is 9. The first-order valence-corrected chi connectivity index (χ1v) is 15.2. The monoisotopic (exact) mass is 554 g/mol. The van der Waals surface area contributed by atoms with E-state index < -0.39 is 5.97 Å². The molecule has 5 nitrogen and oxygen atoms in total. The number of fused-ring (bicyclic) bond motifs is 2. The van der Waals surface area contributed by atoms with E-state index in [1.165, 1.54) is 63.9 Å². The number of rotatable bonds is 15. The normalized spacial score (nSPS) is 12.4. The van der Waals surface area contributed by atoms with Crippen LogP contribution in [0.3, 0.4) is 0 Å². The molecule has 0 saturated carbocycles. The number of nitrogens with zero attached hydrogens (tertiary/aromatic N) is 2. The van der Waals surface area contributed by atoms with Crippen LogP contribution in [0, 0.1) is 11.3 Å². The first-order valence-electron chi connectivity index (χ1n) is 14.4. The maximum Gasteiger partial charge on any atom is 0.346 e. The predicted molar refractivity (Wildman–Crippen MR) is 164 cm³/mol. The smallest absolute Gasteiger partial charge is 0.346 e. The average molecular weight is 555 g/mol. The SMILES string of the molecule is CCCCCCCCCCCCOc1ccc(N2c3ccccc3Sc3cc(/C=C(/C#N)C(=O)O)ccc32)cc1. The summed E-state index contributed by atoms with van der Waals surface area (Å²) in [6, 6.07) is 24.0. The average Bonchev–Trinajstić information content (AvgIpc) is 2.97. The minimum atomic E-state index is -1.23. The van der Waals surface area contributed by atoms with Gasteiger partial charge in [0.2, 0.25) is 0 Å². The maximum absolute atomic E-state index is 11.3. The molecule has 1 N–H and O–H groups in total. The molecule has 3 aromatic rings. The summed E-state index contributed by atoms with van der Waals surface area (Å²) in [7, 11) is 0. The fourth-order valence-corrected chi connectivity index (χ4v) is 6.03. The van der Waals surface area contributed by atoms with Crippen LogP contribution < -0.4 is 9.64 Å². The van der Waals surface area contributed by atoms with E-state index in [0.29, 0.717) is 5.56 Å². The summed E-state index contributed by atoms with van der Waals surface area (Å²) >= 11 is 1.64. The summed E-state index contributed by atoms with van der Waals surface area (Å²) in [4.78, 5) is 15.6. The molecule has 0 amide bonds. The zero-order valence-corrected chi connectivity index (χ0v) is 24.1. The van der Waals surface area contributed by atoms with E-state index in [9.17, 15) is 9.90 Å². The van der Waals surface area contributed by atoms with Crippen molar-refractivity contribution in [2.45, 2.75) is 80.9 Å². The van der Waals surface area contributed by atoms with Gasteiger partial charge < -0.3 is 14.7 Å². The highest BCUT2D eigenvalue weighted by Crippen LogP contribution is 2.51. The van der Waals surface area contributed by atoms with Crippen LogP contribution in [0.4, 0.5) is 17.1 Å². The Hall–Kier alpha value is -3.69. The zero-order chi connectivity index (χ0) is 28.2. The lowest BCUT2D eigenvalue weighted by atomic mass is 10.1. The number of aliphatic carboxylic acids is 1. The van der Waals surface area contributed by atoms with Gasteiger partial charge in [0.25, 0.3) is 0 Å². The van der Waals surface area contributed by atoms with E-state index in [2.05, 4.69) is 36.1 Å². The standard InChI is InChI=1S/C34H38N2O3S/c1-2-3-4-5-6-7-8-9-10-13-22-39-29-19-17-28(18-20-29)36-30-14-11-12-15-32(30)40-33-24-26(16-21-31(33)36)23-27(25-35)34(37)38/h11-12,14-21,23-24H,2-10,13,22H2,1H3,(H,37,38)/b27-23-. The summed E-state index contributed by atoms with van der Waals surface area (Å²) in [5, 5.41) is 18.4. The lowest BCUT2D eigenvalue weighted by Crippen LogP contribution is -2.14. The van der Waals surface area contributed by atoms with E-state index >= 15 is 0 Å². The van der Waals surface area contributed by atoms with Crippen molar-refractivity contribution in [1.29, 1.82) is 5.26 Å². The number of carboxylic acids is 1. The van der Waals surface area contributed by atoms with Gasteiger partial charge in [0.15, 0.2) is 0 Å². The van der Waals surface area contributed by atoms with Gasteiger partial charge in [-0.2, -0.15) is 5.26 Å². The molecule has 0 aliphatic carbocycles. The van der Waals surface area contributed by atoms with Crippen LogP contribution in [0.2, 0.25) is 0 Å². The Kier molecular flexibility index (Phi) is 11.1. The van der Waals surface area contributed by atoms with Gasteiger partial charge in [-0.05, 0) is 66.6 Å². The molecule has 4 rings (SSSR count). The highest BCUT2D eigenvalue weighted by molar-refractivity contribution is 7.99. The fraction of sp³-hybridized carbons (Fsp3) is 0.353. The van der Waals surface area contributed by atoms with Gasteiger partial charge in [-0.25, -0.2) is 4.79 Å². The van der Waals surface area contributed by atoms with E-state index in [0.717, 1.165) is 45.6 Å². The van der Waals surface area contributed by atoms with Gasteiger partial charge in [-0.3, -0.25) is 0 Å². The number of benzene rings is 3. The Morgan fingerprint density at radius 3 is 2.20 bits per heavy atom. The van der Waals surface area contributed by atoms with Crippen molar-refractivity contribution in [2.75, 3.05) is 11.5 Å². The van der Waals surface area contributed by atoms with Crippen LogP contribution in [-0.2, 0) is 4.79 Å². The molecule has 0 atom stereocenters.